The molecule has 0 unspecified atom stereocenters. The molecule has 0 fully saturated rings. The molecule has 1 heteroatoms. The van der Waals surface area contributed by atoms with E-state index in [0.717, 1.165) is 5.70 Å². The molecule has 72 valence electrons. The molecule has 1 heterocycles. The third kappa shape index (κ3) is 2.03. The van der Waals surface area contributed by atoms with Gasteiger partial charge >= 0.3 is 0 Å². The van der Waals surface area contributed by atoms with Crippen molar-refractivity contribution in [1.82, 2.24) is 5.32 Å². The van der Waals surface area contributed by atoms with Crippen LogP contribution in [0.5, 0.6) is 0 Å². The highest BCUT2D eigenvalue weighted by atomic mass is 14.9. The zero-order valence-corrected chi connectivity index (χ0v) is 9.02. The molecule has 0 saturated heterocycles. The van der Waals surface area contributed by atoms with E-state index >= 15 is 0 Å². The van der Waals surface area contributed by atoms with Crippen LogP contribution in [0.3, 0.4) is 0 Å². The first-order chi connectivity index (χ1) is 6.04. The third-order valence-corrected chi connectivity index (χ3v) is 2.36. The van der Waals surface area contributed by atoms with Crippen LogP contribution in [0.15, 0.2) is 35.7 Å². The summed E-state index contributed by atoms with van der Waals surface area (Å²) < 4.78 is 0. The molecule has 0 amide bonds. The van der Waals surface area contributed by atoms with E-state index in [4.69, 9.17) is 0 Å². The highest BCUT2D eigenvalue weighted by molar-refractivity contribution is 5.43. The van der Waals surface area contributed by atoms with E-state index in [9.17, 15) is 0 Å². The monoisotopic (exact) mass is 177 g/mol. The molecular weight excluding hydrogens is 158 g/mol. The van der Waals surface area contributed by atoms with Crippen molar-refractivity contribution in [2.75, 3.05) is 0 Å². The second kappa shape index (κ2) is 3.82. The van der Waals surface area contributed by atoms with Gasteiger partial charge in [-0.05, 0) is 29.1 Å². The molecule has 0 aromatic carbocycles. The molecule has 0 aromatic rings. The van der Waals surface area contributed by atoms with Gasteiger partial charge in [-0.3, -0.25) is 0 Å². The maximum Gasteiger partial charge on any atom is 0.0344 e. The summed E-state index contributed by atoms with van der Waals surface area (Å²) >= 11 is 0. The summed E-state index contributed by atoms with van der Waals surface area (Å²) in [6.07, 6.45) is 4.14. The Balaban J connectivity index is 3.12. The molecule has 0 aliphatic carbocycles. The van der Waals surface area contributed by atoms with Gasteiger partial charge in [0.15, 0.2) is 0 Å². The predicted molar refractivity (Wildman–Crippen MR) is 58.1 cm³/mol. The molecule has 0 radical (unpaired) electrons. The second-order valence-corrected chi connectivity index (χ2v) is 4.13. The van der Waals surface area contributed by atoms with Crippen LogP contribution >= 0.6 is 0 Å². The van der Waals surface area contributed by atoms with Crippen LogP contribution in [-0.4, -0.2) is 0 Å². The Morgan fingerprint density at radius 3 is 2.15 bits per heavy atom. The number of rotatable bonds is 2. The van der Waals surface area contributed by atoms with E-state index in [1.54, 1.807) is 0 Å². The first-order valence-corrected chi connectivity index (χ1v) is 4.90. The SMILES string of the molecule is C=C1NC=CC(C(C)C)=C1C(C)C. The summed E-state index contributed by atoms with van der Waals surface area (Å²) in [5, 5.41) is 3.17. The van der Waals surface area contributed by atoms with Crippen molar-refractivity contribution in [1.29, 1.82) is 0 Å². The normalized spacial score (nSPS) is 17.2. The topological polar surface area (TPSA) is 12.0 Å². The molecule has 1 N–H and O–H groups in total. The molecule has 1 rings (SSSR count). The minimum absolute atomic E-state index is 0.544. The van der Waals surface area contributed by atoms with Gasteiger partial charge in [-0.2, -0.15) is 0 Å². The Bertz CT molecular complexity index is 267. The predicted octanol–water partition coefficient (Wildman–Crippen LogP) is 3.23. The summed E-state index contributed by atoms with van der Waals surface area (Å²) in [7, 11) is 0. The second-order valence-electron chi connectivity index (χ2n) is 4.13. The van der Waals surface area contributed by atoms with Crippen LogP contribution in [0.25, 0.3) is 0 Å². The number of hydrogen-bond acceptors (Lipinski definition) is 1. The summed E-state index contributed by atoms with van der Waals surface area (Å²) in [4.78, 5) is 0. The van der Waals surface area contributed by atoms with Crippen LogP contribution in [0.1, 0.15) is 27.7 Å². The Morgan fingerprint density at radius 2 is 1.77 bits per heavy atom. The number of dihydropyridines is 1. The Labute approximate surface area is 81.2 Å². The molecule has 0 bridgehead atoms. The Kier molecular flexibility index (Phi) is 2.97. The summed E-state index contributed by atoms with van der Waals surface area (Å²) in [5.74, 6) is 1.12. The zero-order valence-electron chi connectivity index (χ0n) is 9.02. The minimum atomic E-state index is 0.544. The van der Waals surface area contributed by atoms with Crippen molar-refractivity contribution in [2.45, 2.75) is 27.7 Å². The fourth-order valence-electron chi connectivity index (χ4n) is 1.76. The van der Waals surface area contributed by atoms with Crippen molar-refractivity contribution < 1.29 is 0 Å². The van der Waals surface area contributed by atoms with Gasteiger partial charge in [0, 0.05) is 11.9 Å². The summed E-state index contributed by atoms with van der Waals surface area (Å²) in [6.45, 7) is 12.9. The maximum atomic E-state index is 4.03. The molecule has 1 nitrogen and oxygen atoms in total. The number of nitrogens with one attached hydrogen (secondary N) is 1. The molecule has 13 heavy (non-hydrogen) atoms. The van der Waals surface area contributed by atoms with Gasteiger partial charge in [-0.1, -0.05) is 34.3 Å². The summed E-state index contributed by atoms with van der Waals surface area (Å²) in [6, 6.07) is 0. The van der Waals surface area contributed by atoms with Crippen LogP contribution in [-0.2, 0) is 0 Å². The van der Waals surface area contributed by atoms with Crippen molar-refractivity contribution in [3.05, 3.63) is 35.7 Å². The average molecular weight is 177 g/mol. The lowest BCUT2D eigenvalue weighted by Crippen LogP contribution is -2.17. The molecule has 1 aliphatic rings. The van der Waals surface area contributed by atoms with Gasteiger partial charge in [-0.15, -0.1) is 0 Å². The first kappa shape index (κ1) is 10.1. The van der Waals surface area contributed by atoms with Crippen LogP contribution in [0, 0.1) is 11.8 Å². The molecule has 0 atom stereocenters. The molecule has 0 spiro atoms. The van der Waals surface area contributed by atoms with E-state index in [1.807, 2.05) is 6.20 Å². The lowest BCUT2D eigenvalue weighted by atomic mass is 9.87. The quantitative estimate of drug-likeness (QED) is 0.683. The van der Waals surface area contributed by atoms with Crippen molar-refractivity contribution >= 4 is 0 Å². The summed E-state index contributed by atoms with van der Waals surface area (Å²) in [5.41, 5.74) is 3.84. The largest absolute Gasteiger partial charge is 0.362 e. The van der Waals surface area contributed by atoms with Crippen molar-refractivity contribution in [2.24, 2.45) is 11.8 Å². The van der Waals surface area contributed by atoms with E-state index in [2.05, 4.69) is 45.7 Å². The third-order valence-electron chi connectivity index (χ3n) is 2.36. The lowest BCUT2D eigenvalue weighted by molar-refractivity contribution is 0.694. The van der Waals surface area contributed by atoms with E-state index < -0.39 is 0 Å². The number of hydrogen-bond donors (Lipinski definition) is 1. The smallest absolute Gasteiger partial charge is 0.0344 e. The van der Waals surface area contributed by atoms with Crippen LogP contribution < -0.4 is 5.32 Å². The van der Waals surface area contributed by atoms with Crippen LogP contribution in [0.2, 0.25) is 0 Å². The van der Waals surface area contributed by atoms with Gasteiger partial charge < -0.3 is 5.32 Å². The average Bonchev–Trinajstić information content (AvgIpc) is 2.02. The highest BCUT2D eigenvalue weighted by Gasteiger charge is 2.16. The molecular formula is C12H19N. The fraction of sp³-hybridized carbons (Fsp3) is 0.500. The Hall–Kier alpha value is -0.980. The van der Waals surface area contributed by atoms with Gasteiger partial charge in [0.2, 0.25) is 0 Å². The van der Waals surface area contributed by atoms with Gasteiger partial charge in [0.25, 0.3) is 0 Å². The van der Waals surface area contributed by atoms with Gasteiger partial charge in [0.1, 0.15) is 0 Å². The zero-order chi connectivity index (χ0) is 10.0. The highest BCUT2D eigenvalue weighted by Crippen LogP contribution is 2.28. The molecule has 1 aliphatic heterocycles. The van der Waals surface area contributed by atoms with Crippen LogP contribution in [0.4, 0.5) is 0 Å². The standard InChI is InChI=1S/C12H19N/c1-8(2)11-6-7-13-10(5)12(11)9(3)4/h6-9,13H,5H2,1-4H3. The van der Waals surface area contributed by atoms with Gasteiger partial charge in [0.05, 0.1) is 0 Å². The molecule has 0 saturated carbocycles. The van der Waals surface area contributed by atoms with E-state index in [1.165, 1.54) is 11.1 Å². The maximum absolute atomic E-state index is 4.03. The minimum Gasteiger partial charge on any atom is -0.362 e. The first-order valence-electron chi connectivity index (χ1n) is 4.90. The van der Waals surface area contributed by atoms with E-state index in [-0.39, 0.29) is 0 Å². The lowest BCUT2D eigenvalue weighted by Gasteiger charge is -2.24. The van der Waals surface area contributed by atoms with Crippen molar-refractivity contribution in [3.8, 4) is 0 Å². The number of allylic oxidation sites excluding steroid dienone is 3. The Morgan fingerprint density at radius 1 is 1.15 bits per heavy atom. The van der Waals surface area contributed by atoms with Crippen molar-refractivity contribution in [3.63, 3.8) is 0 Å². The van der Waals surface area contributed by atoms with Gasteiger partial charge in [-0.25, -0.2) is 0 Å². The van der Waals surface area contributed by atoms with E-state index in [0.29, 0.717) is 11.8 Å². The molecule has 0 aromatic heterocycles. The fourth-order valence-corrected chi connectivity index (χ4v) is 1.76.